The van der Waals surface area contributed by atoms with Crippen LogP contribution in [0.5, 0.6) is 11.5 Å². The Labute approximate surface area is 172 Å². The third kappa shape index (κ3) is 5.83. The summed E-state index contributed by atoms with van der Waals surface area (Å²) in [7, 11) is -2.90. The molecule has 0 aromatic heterocycles. The maximum atomic E-state index is 12.2. The lowest BCUT2D eigenvalue weighted by atomic mass is 10.0. The Morgan fingerprint density at radius 3 is 2.69 bits per heavy atom. The number of rotatable bonds is 10. The van der Waals surface area contributed by atoms with Gasteiger partial charge in [0, 0.05) is 6.04 Å². The highest BCUT2D eigenvalue weighted by atomic mass is 32.2. The second-order valence-electron chi connectivity index (χ2n) is 7.63. The van der Waals surface area contributed by atoms with E-state index in [0.29, 0.717) is 0 Å². The van der Waals surface area contributed by atoms with E-state index >= 15 is 0 Å². The number of nitrogens with one attached hydrogen (secondary N) is 1. The summed E-state index contributed by atoms with van der Waals surface area (Å²) in [5.41, 5.74) is 1.16. The fourth-order valence-electron chi connectivity index (χ4n) is 3.81. The van der Waals surface area contributed by atoms with Crippen LogP contribution in [0.3, 0.4) is 0 Å². The van der Waals surface area contributed by atoms with E-state index in [1.54, 1.807) is 0 Å². The molecule has 1 fully saturated rings. The van der Waals surface area contributed by atoms with Gasteiger partial charge in [-0.15, -0.1) is 0 Å². The molecular weight excluding hydrogens is 396 g/mol. The van der Waals surface area contributed by atoms with E-state index in [1.807, 2.05) is 25.1 Å². The molecule has 0 radical (unpaired) electrons. The molecular formula is C20H30N2O6S. The zero-order valence-corrected chi connectivity index (χ0v) is 18.0. The van der Waals surface area contributed by atoms with E-state index in [1.165, 1.54) is 0 Å². The number of benzene rings is 1. The molecule has 0 aliphatic carbocycles. The van der Waals surface area contributed by atoms with Gasteiger partial charge in [0.05, 0.1) is 36.8 Å². The van der Waals surface area contributed by atoms with Crippen LogP contribution in [-0.4, -0.2) is 69.0 Å². The van der Waals surface area contributed by atoms with Crippen LogP contribution in [-0.2, 0) is 25.8 Å². The minimum atomic E-state index is -2.90. The van der Waals surface area contributed by atoms with Crippen LogP contribution in [0.1, 0.15) is 32.8 Å². The van der Waals surface area contributed by atoms with Crippen molar-refractivity contribution >= 4 is 15.7 Å². The zero-order chi connectivity index (χ0) is 21.0. The Balaban J connectivity index is 1.43. The summed E-state index contributed by atoms with van der Waals surface area (Å²) in [5.74, 6) is 1.57. The Hall–Kier alpha value is -1.84. The van der Waals surface area contributed by atoms with E-state index in [4.69, 9.17) is 14.2 Å². The van der Waals surface area contributed by atoms with E-state index < -0.39 is 9.84 Å². The zero-order valence-electron chi connectivity index (χ0n) is 17.2. The summed E-state index contributed by atoms with van der Waals surface area (Å²) in [5, 5.41) is 3.01. The summed E-state index contributed by atoms with van der Waals surface area (Å²) < 4.78 is 38.5. The summed E-state index contributed by atoms with van der Waals surface area (Å²) >= 11 is 0. The smallest absolute Gasteiger partial charge is 0.231 e. The van der Waals surface area contributed by atoms with Crippen LogP contribution in [0, 0.1) is 0 Å². The van der Waals surface area contributed by atoms with Crippen LogP contribution < -0.4 is 14.8 Å². The molecule has 0 bridgehead atoms. The molecule has 0 saturated carbocycles. The second-order valence-corrected chi connectivity index (χ2v) is 9.79. The number of nitrogens with zero attached hydrogens (tertiary/aromatic N) is 1. The van der Waals surface area contributed by atoms with E-state index in [0.717, 1.165) is 30.0 Å². The molecule has 3 rings (SSSR count). The summed E-state index contributed by atoms with van der Waals surface area (Å²) in [6, 6.07) is 6.19. The van der Waals surface area contributed by atoms with Crippen LogP contribution in [0.4, 0.5) is 0 Å². The highest BCUT2D eigenvalue weighted by molar-refractivity contribution is 7.92. The van der Waals surface area contributed by atoms with Gasteiger partial charge in [-0.25, -0.2) is 8.42 Å². The van der Waals surface area contributed by atoms with Crippen LogP contribution >= 0.6 is 0 Å². The number of carbonyl (C=O) groups is 1. The van der Waals surface area contributed by atoms with Crippen molar-refractivity contribution in [3.05, 3.63) is 23.8 Å². The molecule has 1 aromatic rings. The van der Waals surface area contributed by atoms with Gasteiger partial charge < -0.3 is 19.5 Å². The summed E-state index contributed by atoms with van der Waals surface area (Å²) in [4.78, 5) is 14.5. The van der Waals surface area contributed by atoms with Gasteiger partial charge in [0.15, 0.2) is 21.3 Å². The number of sulfone groups is 1. The molecule has 1 saturated heterocycles. The highest BCUT2D eigenvalue weighted by Crippen LogP contribution is 2.33. The van der Waals surface area contributed by atoms with Gasteiger partial charge >= 0.3 is 0 Å². The monoisotopic (exact) mass is 426 g/mol. The van der Waals surface area contributed by atoms with Gasteiger partial charge in [-0.1, -0.05) is 13.0 Å². The van der Waals surface area contributed by atoms with Crippen molar-refractivity contribution in [2.45, 2.75) is 51.9 Å². The third-order valence-electron chi connectivity index (χ3n) is 5.33. The molecule has 1 N–H and O–H groups in total. The molecule has 9 heteroatoms. The molecule has 1 aromatic carbocycles. The Kier molecular flexibility index (Phi) is 7.02. The number of likely N-dealkylation sites (N-methyl/N-ethyl adjacent to an activating group) is 1. The van der Waals surface area contributed by atoms with Gasteiger partial charge in [0.25, 0.3) is 0 Å². The number of amides is 1. The van der Waals surface area contributed by atoms with Crippen LogP contribution in [0.25, 0.3) is 0 Å². The molecule has 2 atom stereocenters. The minimum Gasteiger partial charge on any atom is -0.454 e. The topological polar surface area (TPSA) is 94.2 Å². The first-order valence-corrected chi connectivity index (χ1v) is 11.8. The molecule has 1 amide bonds. The number of hydrogen-bond donors (Lipinski definition) is 1. The lowest BCUT2D eigenvalue weighted by molar-refractivity contribution is -0.124. The maximum absolute atomic E-state index is 12.2. The van der Waals surface area contributed by atoms with Crippen molar-refractivity contribution in [1.29, 1.82) is 0 Å². The predicted octanol–water partition coefficient (Wildman–Crippen LogP) is 1.33. The fraction of sp³-hybridized carbons (Fsp3) is 0.650. The first-order valence-electron chi connectivity index (χ1n) is 10.0. The number of carbonyl (C=O) groups excluding carboxylic acids is 1. The molecule has 8 nitrogen and oxygen atoms in total. The molecule has 0 spiro atoms. The van der Waals surface area contributed by atoms with Crippen LogP contribution in [0.15, 0.2) is 18.2 Å². The maximum Gasteiger partial charge on any atom is 0.231 e. The molecule has 2 aliphatic heterocycles. The largest absolute Gasteiger partial charge is 0.454 e. The Morgan fingerprint density at radius 1 is 1.28 bits per heavy atom. The minimum absolute atomic E-state index is 0.0615. The standard InChI is InChI=1S/C20H30N2O6S/c1-4-22(14(2)9-16-5-6-18-19(10-16)28-13-27-18)15(3)21-20(23)7-8-26-17-11-29(24,25)12-17/h5-6,10,14-15,17H,4,7-9,11-13H2,1-3H3,(H,21,23). The first-order chi connectivity index (χ1) is 13.8. The van der Waals surface area contributed by atoms with Gasteiger partial charge in [-0.3, -0.25) is 9.69 Å². The van der Waals surface area contributed by atoms with E-state index in [-0.39, 0.29) is 55.5 Å². The van der Waals surface area contributed by atoms with Crippen molar-refractivity contribution < 1.29 is 27.4 Å². The summed E-state index contributed by atoms with van der Waals surface area (Å²) in [6.07, 6.45) is 0.651. The highest BCUT2D eigenvalue weighted by Gasteiger charge is 2.34. The van der Waals surface area contributed by atoms with Crippen molar-refractivity contribution in [2.75, 3.05) is 31.5 Å². The average Bonchev–Trinajstić information content (AvgIpc) is 3.08. The van der Waals surface area contributed by atoms with Crippen LogP contribution in [0.2, 0.25) is 0 Å². The average molecular weight is 427 g/mol. The van der Waals surface area contributed by atoms with Gasteiger partial charge in [-0.2, -0.15) is 0 Å². The van der Waals surface area contributed by atoms with E-state index in [9.17, 15) is 13.2 Å². The van der Waals surface area contributed by atoms with Gasteiger partial charge in [0.1, 0.15) is 0 Å². The van der Waals surface area contributed by atoms with Gasteiger partial charge in [0.2, 0.25) is 12.7 Å². The third-order valence-corrected chi connectivity index (χ3v) is 7.09. The fourth-order valence-corrected chi connectivity index (χ4v) is 5.04. The Morgan fingerprint density at radius 2 is 2.00 bits per heavy atom. The number of fused-ring (bicyclic) bond motifs is 1. The van der Waals surface area contributed by atoms with Crippen molar-refractivity contribution in [3.8, 4) is 11.5 Å². The molecule has 2 unspecified atom stereocenters. The predicted molar refractivity (Wildman–Crippen MR) is 109 cm³/mol. The number of hydrogen-bond acceptors (Lipinski definition) is 7. The lowest BCUT2D eigenvalue weighted by Gasteiger charge is -2.34. The quantitative estimate of drug-likeness (QED) is 0.564. The molecule has 2 aliphatic rings. The van der Waals surface area contributed by atoms with Crippen molar-refractivity contribution in [1.82, 2.24) is 10.2 Å². The summed E-state index contributed by atoms with van der Waals surface area (Å²) in [6.45, 7) is 7.46. The first kappa shape index (κ1) is 21.9. The second kappa shape index (κ2) is 9.32. The normalized spacial score (nSPS) is 19.6. The van der Waals surface area contributed by atoms with Crippen molar-refractivity contribution in [2.24, 2.45) is 0 Å². The Bertz CT molecular complexity index is 816. The van der Waals surface area contributed by atoms with E-state index in [2.05, 4.69) is 24.1 Å². The molecule has 2 heterocycles. The SMILES string of the molecule is CCN(C(C)Cc1ccc2c(c1)OCO2)C(C)NC(=O)CCOC1CS(=O)(=O)C1. The van der Waals surface area contributed by atoms with Gasteiger partial charge in [-0.05, 0) is 44.5 Å². The molecule has 29 heavy (non-hydrogen) atoms. The number of ether oxygens (including phenoxy) is 3. The van der Waals surface area contributed by atoms with Crippen molar-refractivity contribution in [3.63, 3.8) is 0 Å². The molecule has 162 valence electrons. The lowest BCUT2D eigenvalue weighted by Crippen LogP contribution is -2.50.